The Morgan fingerprint density at radius 2 is 1.97 bits per heavy atom. The Bertz CT molecular complexity index is 1400. The van der Waals surface area contributed by atoms with Crippen molar-refractivity contribution < 1.29 is 17.9 Å². The van der Waals surface area contributed by atoms with E-state index in [0.29, 0.717) is 66.9 Å². The molecule has 5 rings (SSSR count). The summed E-state index contributed by atoms with van der Waals surface area (Å²) in [5.74, 6) is 0.994. The number of benzene rings is 1. The molecule has 0 atom stereocenters. The van der Waals surface area contributed by atoms with Gasteiger partial charge in [0.15, 0.2) is 11.2 Å². The van der Waals surface area contributed by atoms with E-state index in [4.69, 9.17) is 4.74 Å². The van der Waals surface area contributed by atoms with E-state index in [1.54, 1.807) is 23.1 Å². The summed E-state index contributed by atoms with van der Waals surface area (Å²) in [6.07, 6.45) is -0.333. The van der Waals surface area contributed by atoms with E-state index < -0.39 is 11.7 Å². The number of imidazole rings is 1. The fourth-order valence-electron chi connectivity index (χ4n) is 4.22. The predicted octanol–water partition coefficient (Wildman–Crippen LogP) is 3.30. The highest BCUT2D eigenvalue weighted by Gasteiger charge is 2.30. The van der Waals surface area contributed by atoms with Crippen LogP contribution in [0, 0.1) is 0 Å². The molecule has 0 unspecified atom stereocenters. The molecule has 184 valence electrons. The van der Waals surface area contributed by atoms with Gasteiger partial charge in [0.1, 0.15) is 5.82 Å². The van der Waals surface area contributed by atoms with E-state index in [9.17, 15) is 18.0 Å². The minimum atomic E-state index is -4.41. The molecule has 0 saturated carbocycles. The SMILES string of the molecule is CCCn1c(-c2cnn(Cc3cccc(C(F)(F)F)c3)c2)nc2nc(N3CCOCC3)[nH]c(=O)c21. The minimum Gasteiger partial charge on any atom is -0.378 e. The smallest absolute Gasteiger partial charge is 0.378 e. The van der Waals surface area contributed by atoms with Crippen LogP contribution in [-0.2, 0) is 24.0 Å². The van der Waals surface area contributed by atoms with E-state index in [1.807, 2.05) is 16.4 Å². The fourth-order valence-corrected chi connectivity index (χ4v) is 4.22. The number of hydrogen-bond donors (Lipinski definition) is 1. The van der Waals surface area contributed by atoms with Crippen LogP contribution in [0.5, 0.6) is 0 Å². The number of aromatic amines is 1. The van der Waals surface area contributed by atoms with Crippen molar-refractivity contribution in [2.24, 2.45) is 0 Å². The van der Waals surface area contributed by atoms with Crippen LogP contribution in [0.3, 0.4) is 0 Å². The van der Waals surface area contributed by atoms with Crippen molar-refractivity contribution in [2.45, 2.75) is 32.6 Å². The van der Waals surface area contributed by atoms with Crippen LogP contribution in [0.25, 0.3) is 22.6 Å². The lowest BCUT2D eigenvalue weighted by molar-refractivity contribution is -0.137. The number of aromatic nitrogens is 6. The fraction of sp³-hybridized carbons (Fsp3) is 0.391. The average molecular weight is 487 g/mol. The summed E-state index contributed by atoms with van der Waals surface area (Å²) >= 11 is 0. The Balaban J connectivity index is 1.49. The lowest BCUT2D eigenvalue weighted by Gasteiger charge is -2.26. The van der Waals surface area contributed by atoms with Gasteiger partial charge >= 0.3 is 6.18 Å². The molecule has 1 aliphatic rings. The molecule has 4 aromatic rings. The molecule has 0 amide bonds. The second kappa shape index (κ2) is 9.17. The number of nitrogens with zero attached hydrogens (tertiary/aromatic N) is 6. The molecule has 1 fully saturated rings. The molecule has 1 aliphatic heterocycles. The van der Waals surface area contributed by atoms with E-state index in [2.05, 4.69) is 20.1 Å². The third-order valence-corrected chi connectivity index (χ3v) is 5.85. The number of rotatable bonds is 6. The standard InChI is InChI=1S/C23H24F3N7O2/c1-2-6-33-18-19(29-22(30-21(18)34)31-7-9-35-10-8-31)28-20(33)16-12-27-32(14-16)13-15-4-3-5-17(11-15)23(24,25)26/h3-5,11-12,14H,2,6-10,13H2,1H3,(H,29,30,34). The average Bonchev–Trinajstić information content (AvgIpc) is 3.44. The second-order valence-electron chi connectivity index (χ2n) is 8.37. The van der Waals surface area contributed by atoms with E-state index in [1.165, 1.54) is 6.07 Å². The minimum absolute atomic E-state index is 0.165. The van der Waals surface area contributed by atoms with Gasteiger partial charge in [-0.3, -0.25) is 14.5 Å². The number of ether oxygens (including phenoxy) is 1. The maximum atomic E-state index is 13.1. The highest BCUT2D eigenvalue weighted by molar-refractivity contribution is 5.77. The van der Waals surface area contributed by atoms with Gasteiger partial charge in [0.2, 0.25) is 5.95 Å². The van der Waals surface area contributed by atoms with Crippen LogP contribution in [-0.4, -0.2) is 55.6 Å². The number of aryl methyl sites for hydroxylation is 1. The molecule has 3 aromatic heterocycles. The van der Waals surface area contributed by atoms with Gasteiger partial charge in [-0.05, 0) is 24.1 Å². The zero-order chi connectivity index (χ0) is 24.6. The molecule has 0 radical (unpaired) electrons. The summed E-state index contributed by atoms with van der Waals surface area (Å²) in [7, 11) is 0. The van der Waals surface area contributed by atoms with Gasteiger partial charge in [-0.25, -0.2) is 4.98 Å². The van der Waals surface area contributed by atoms with Gasteiger partial charge in [-0.15, -0.1) is 0 Å². The van der Waals surface area contributed by atoms with Gasteiger partial charge in [0.25, 0.3) is 5.56 Å². The molecule has 12 heteroatoms. The Morgan fingerprint density at radius 3 is 2.71 bits per heavy atom. The molecule has 9 nitrogen and oxygen atoms in total. The molecule has 4 heterocycles. The van der Waals surface area contributed by atoms with Gasteiger partial charge in [-0.1, -0.05) is 19.1 Å². The van der Waals surface area contributed by atoms with Gasteiger partial charge in [-0.2, -0.15) is 23.3 Å². The summed E-state index contributed by atoms with van der Waals surface area (Å²) in [6.45, 7) is 5.07. The highest BCUT2D eigenvalue weighted by Crippen LogP contribution is 2.30. The monoisotopic (exact) mass is 487 g/mol. The Kier molecular flexibility index (Phi) is 6.05. The van der Waals surface area contributed by atoms with Crippen LogP contribution in [0.15, 0.2) is 41.5 Å². The van der Waals surface area contributed by atoms with Crippen molar-refractivity contribution in [3.8, 4) is 11.4 Å². The van der Waals surface area contributed by atoms with Crippen molar-refractivity contribution in [1.29, 1.82) is 0 Å². The van der Waals surface area contributed by atoms with Crippen LogP contribution in [0.2, 0.25) is 0 Å². The zero-order valence-electron chi connectivity index (χ0n) is 19.0. The number of nitrogens with one attached hydrogen (secondary N) is 1. The molecule has 0 spiro atoms. The number of fused-ring (bicyclic) bond motifs is 1. The number of H-pyrrole nitrogens is 1. The van der Waals surface area contributed by atoms with Crippen LogP contribution in [0.4, 0.5) is 19.1 Å². The molecule has 35 heavy (non-hydrogen) atoms. The summed E-state index contributed by atoms with van der Waals surface area (Å²) in [6, 6.07) is 5.16. The van der Waals surface area contributed by atoms with Crippen LogP contribution in [0.1, 0.15) is 24.5 Å². The first-order chi connectivity index (χ1) is 16.8. The second-order valence-corrected chi connectivity index (χ2v) is 8.37. The number of alkyl halides is 3. The molecule has 1 saturated heterocycles. The van der Waals surface area contributed by atoms with Crippen LogP contribution < -0.4 is 10.5 Å². The molecular formula is C23H24F3N7O2. The first kappa shape index (κ1) is 23.1. The maximum absolute atomic E-state index is 13.1. The van der Waals surface area contributed by atoms with Crippen molar-refractivity contribution in [3.63, 3.8) is 0 Å². The number of anilines is 1. The number of halogens is 3. The molecule has 1 N–H and O–H groups in total. The summed E-state index contributed by atoms with van der Waals surface area (Å²) in [4.78, 5) is 27.1. The van der Waals surface area contributed by atoms with Crippen molar-refractivity contribution in [1.82, 2.24) is 29.3 Å². The van der Waals surface area contributed by atoms with Crippen molar-refractivity contribution in [2.75, 3.05) is 31.2 Å². The van der Waals surface area contributed by atoms with Gasteiger partial charge in [0, 0.05) is 25.8 Å². The molecule has 0 aliphatic carbocycles. The Morgan fingerprint density at radius 1 is 1.17 bits per heavy atom. The van der Waals surface area contributed by atoms with E-state index in [0.717, 1.165) is 18.6 Å². The summed E-state index contributed by atoms with van der Waals surface area (Å²) < 4.78 is 47.9. The normalized spacial score (nSPS) is 14.7. The lowest BCUT2D eigenvalue weighted by atomic mass is 10.1. The van der Waals surface area contributed by atoms with Crippen molar-refractivity contribution >= 4 is 17.1 Å². The molecule has 1 aromatic carbocycles. The van der Waals surface area contributed by atoms with Gasteiger partial charge < -0.3 is 14.2 Å². The quantitative estimate of drug-likeness (QED) is 0.449. The van der Waals surface area contributed by atoms with E-state index >= 15 is 0 Å². The van der Waals surface area contributed by atoms with Crippen LogP contribution >= 0.6 is 0 Å². The zero-order valence-corrected chi connectivity index (χ0v) is 19.0. The number of hydrogen-bond acceptors (Lipinski definition) is 6. The van der Waals surface area contributed by atoms with Crippen molar-refractivity contribution in [3.05, 3.63) is 58.1 Å². The summed E-state index contributed by atoms with van der Waals surface area (Å²) in [5.41, 5.74) is 0.864. The first-order valence-electron chi connectivity index (χ1n) is 11.4. The third kappa shape index (κ3) is 4.65. The Labute approximate surface area is 198 Å². The predicted molar refractivity (Wildman–Crippen MR) is 123 cm³/mol. The largest absolute Gasteiger partial charge is 0.416 e. The molecule has 0 bridgehead atoms. The third-order valence-electron chi connectivity index (χ3n) is 5.85. The van der Waals surface area contributed by atoms with Gasteiger partial charge in [0.05, 0.1) is 37.1 Å². The van der Waals surface area contributed by atoms with E-state index in [-0.39, 0.29) is 12.1 Å². The Hall–Kier alpha value is -3.67. The number of morpholine rings is 1. The highest BCUT2D eigenvalue weighted by atomic mass is 19.4. The summed E-state index contributed by atoms with van der Waals surface area (Å²) in [5, 5.41) is 4.32. The molecular weight excluding hydrogens is 463 g/mol. The first-order valence-corrected chi connectivity index (χ1v) is 11.4. The lowest BCUT2D eigenvalue weighted by Crippen LogP contribution is -2.38. The maximum Gasteiger partial charge on any atom is 0.416 e. The topological polar surface area (TPSA) is 93.9 Å².